The Bertz CT molecular complexity index is 1670. The fourth-order valence-electron chi connectivity index (χ4n) is 5.58. The zero-order valence-corrected chi connectivity index (χ0v) is 24.0. The fraction of sp³-hybridized carbons (Fsp3) is 0.222. The van der Waals surface area contributed by atoms with Gasteiger partial charge in [0.2, 0.25) is 11.8 Å². The maximum absolute atomic E-state index is 16.4. The van der Waals surface area contributed by atoms with E-state index in [1.165, 1.54) is 24.3 Å². The number of carboxylic acids is 1. The van der Waals surface area contributed by atoms with Crippen LogP contribution in [-0.2, 0) is 32.0 Å². The summed E-state index contributed by atoms with van der Waals surface area (Å²) in [5.74, 6) is -13.2. The Kier molecular flexibility index (Phi) is 7.84. The largest absolute Gasteiger partial charge is 0.481 e. The summed E-state index contributed by atoms with van der Waals surface area (Å²) in [6.07, 6.45) is -5.00. The number of rotatable bonds is 5. The molecule has 2 aliphatic heterocycles. The maximum Gasteiger partial charge on any atom is 0.416 e. The Balaban J connectivity index is 1.72. The van der Waals surface area contributed by atoms with Gasteiger partial charge in [0, 0.05) is 31.9 Å². The lowest BCUT2D eigenvalue weighted by atomic mass is 9.74. The highest BCUT2D eigenvalue weighted by Gasteiger charge is 2.71. The third-order valence-corrected chi connectivity index (χ3v) is 8.26. The second-order valence-electron chi connectivity index (χ2n) is 9.88. The highest BCUT2D eigenvalue weighted by Crippen LogP contribution is 2.55. The van der Waals surface area contributed by atoms with Gasteiger partial charge in [-0.1, -0.05) is 58.5 Å². The van der Waals surface area contributed by atoms with Gasteiger partial charge in [-0.2, -0.15) is 22.0 Å². The van der Waals surface area contributed by atoms with Crippen LogP contribution in [-0.4, -0.2) is 28.9 Å². The smallest absolute Gasteiger partial charge is 0.416 e. The molecule has 2 heterocycles. The zero-order chi connectivity index (χ0) is 31.6. The average Bonchev–Trinajstić information content (AvgIpc) is 3.40. The molecule has 4 N–H and O–H groups in total. The van der Waals surface area contributed by atoms with Crippen LogP contribution in [0.3, 0.4) is 0 Å². The van der Waals surface area contributed by atoms with E-state index >= 15 is 8.78 Å². The Morgan fingerprint density at radius 3 is 2.09 bits per heavy atom. The molecular weight excluding hydrogens is 667 g/mol. The highest BCUT2D eigenvalue weighted by atomic mass is 35.5. The molecular formula is C27H16Cl4F5N3O4. The first kappa shape index (κ1) is 31.3. The second kappa shape index (κ2) is 10.8. The van der Waals surface area contributed by atoms with Crippen molar-refractivity contribution < 1.29 is 41.4 Å². The number of carbonyl (C=O) groups is 3. The van der Waals surface area contributed by atoms with Crippen LogP contribution in [0.15, 0.2) is 54.6 Å². The van der Waals surface area contributed by atoms with Gasteiger partial charge in [0.15, 0.2) is 0 Å². The lowest BCUT2D eigenvalue weighted by Crippen LogP contribution is -2.53. The summed E-state index contributed by atoms with van der Waals surface area (Å²) >= 11 is 24.3. The summed E-state index contributed by atoms with van der Waals surface area (Å²) in [4.78, 5) is 40.2. The molecule has 2 amide bonds. The van der Waals surface area contributed by atoms with E-state index in [-0.39, 0.29) is 43.1 Å². The van der Waals surface area contributed by atoms with Crippen molar-refractivity contribution in [2.75, 3.05) is 10.6 Å². The topological polar surface area (TPSA) is 108 Å². The molecule has 0 aromatic heterocycles. The molecule has 1 fully saturated rings. The van der Waals surface area contributed by atoms with Crippen LogP contribution in [0.1, 0.15) is 16.7 Å². The van der Waals surface area contributed by atoms with Crippen LogP contribution in [0.25, 0.3) is 0 Å². The Morgan fingerprint density at radius 2 is 1.49 bits per heavy atom. The van der Waals surface area contributed by atoms with Crippen LogP contribution in [0.4, 0.5) is 33.3 Å². The predicted molar refractivity (Wildman–Crippen MR) is 149 cm³/mol. The molecule has 226 valence electrons. The minimum absolute atomic E-state index is 0.0397. The van der Waals surface area contributed by atoms with Crippen molar-refractivity contribution in [1.82, 2.24) is 5.32 Å². The number of aliphatic carboxylic acids is 1. The van der Waals surface area contributed by atoms with Crippen LogP contribution in [0.2, 0.25) is 20.1 Å². The first-order valence-corrected chi connectivity index (χ1v) is 13.6. The molecule has 0 saturated carbocycles. The number of alkyl halides is 5. The first-order valence-electron chi connectivity index (χ1n) is 12.1. The molecule has 0 radical (unpaired) electrons. The maximum atomic E-state index is 16.4. The number of benzene rings is 3. The summed E-state index contributed by atoms with van der Waals surface area (Å²) < 4.78 is 73.2. The van der Waals surface area contributed by atoms with E-state index in [1.54, 1.807) is 0 Å². The van der Waals surface area contributed by atoms with Gasteiger partial charge in [-0.3, -0.25) is 19.7 Å². The molecule has 4 unspecified atom stereocenters. The Hall–Kier alpha value is -3.16. The van der Waals surface area contributed by atoms with E-state index in [9.17, 15) is 32.7 Å². The summed E-state index contributed by atoms with van der Waals surface area (Å²) in [5.41, 5.74) is -5.64. The minimum Gasteiger partial charge on any atom is -0.481 e. The molecule has 43 heavy (non-hydrogen) atoms. The number of hydrogen-bond acceptors (Lipinski definition) is 4. The molecule has 7 nitrogen and oxygen atoms in total. The van der Waals surface area contributed by atoms with Gasteiger partial charge in [0.05, 0.1) is 28.2 Å². The van der Waals surface area contributed by atoms with Crippen molar-refractivity contribution in [2.24, 2.45) is 11.8 Å². The van der Waals surface area contributed by atoms with E-state index in [1.807, 2.05) is 0 Å². The standard InChI is InChI=1S/C27H16Cl4F5N3O4/c28-12-5-13(29)7-15(6-12)37-22(40)18-19(23(41)42)25(16-8-14(30)9-17(31)20(16)38-24(25)43)39-21(18)26(32,33)10-2-1-3-11(4-10)27(34,35)36/h1-9,18-19,21,39H,(H,37,40)(H,38,43)(H,41,42). The molecule has 16 heteroatoms. The lowest BCUT2D eigenvalue weighted by Gasteiger charge is -2.30. The zero-order valence-electron chi connectivity index (χ0n) is 21.0. The second-order valence-corrected chi connectivity index (χ2v) is 11.6. The van der Waals surface area contributed by atoms with Crippen molar-refractivity contribution in [3.05, 3.63) is 91.4 Å². The molecule has 5 rings (SSSR count). The fourth-order valence-corrected chi connectivity index (χ4v) is 6.64. The van der Waals surface area contributed by atoms with E-state index in [4.69, 9.17) is 46.4 Å². The molecule has 3 aromatic carbocycles. The lowest BCUT2D eigenvalue weighted by molar-refractivity contribution is -0.151. The van der Waals surface area contributed by atoms with Crippen molar-refractivity contribution in [3.63, 3.8) is 0 Å². The van der Waals surface area contributed by atoms with Crippen LogP contribution >= 0.6 is 46.4 Å². The SMILES string of the molecule is O=C(Nc1cc(Cl)cc(Cl)c1)C1C(C(F)(F)c2cccc(C(F)(F)F)c2)NC2(C(=O)Nc3c(Cl)cc(Cl)cc32)C1C(=O)O. The molecule has 0 bridgehead atoms. The molecule has 1 saturated heterocycles. The molecule has 0 aliphatic carbocycles. The van der Waals surface area contributed by atoms with Gasteiger partial charge < -0.3 is 15.7 Å². The molecule has 4 atom stereocenters. The van der Waals surface area contributed by atoms with Crippen LogP contribution < -0.4 is 16.0 Å². The van der Waals surface area contributed by atoms with Crippen molar-refractivity contribution in [1.29, 1.82) is 0 Å². The van der Waals surface area contributed by atoms with Gasteiger partial charge in [-0.05, 0) is 42.5 Å². The Morgan fingerprint density at radius 1 is 0.884 bits per heavy atom. The number of nitrogens with one attached hydrogen (secondary N) is 3. The number of amides is 2. The first-order chi connectivity index (χ1) is 20.0. The summed E-state index contributed by atoms with van der Waals surface area (Å²) in [6, 6.07) is 5.70. The van der Waals surface area contributed by atoms with Gasteiger partial charge in [0.1, 0.15) is 11.5 Å². The van der Waals surface area contributed by atoms with Gasteiger partial charge in [0.25, 0.3) is 5.92 Å². The normalized spacial score (nSPS) is 23.3. The van der Waals surface area contributed by atoms with Gasteiger partial charge in [-0.25, -0.2) is 0 Å². The van der Waals surface area contributed by atoms with E-state index < -0.39 is 64.4 Å². The van der Waals surface area contributed by atoms with Crippen molar-refractivity contribution >= 4 is 75.6 Å². The summed E-state index contributed by atoms with van der Waals surface area (Å²) in [6.45, 7) is 0. The van der Waals surface area contributed by atoms with Gasteiger partial charge >= 0.3 is 12.1 Å². The van der Waals surface area contributed by atoms with Gasteiger partial charge in [-0.15, -0.1) is 0 Å². The van der Waals surface area contributed by atoms with Crippen molar-refractivity contribution in [3.8, 4) is 0 Å². The number of carbonyl (C=O) groups excluding carboxylic acids is 2. The minimum atomic E-state index is -5.00. The third kappa shape index (κ3) is 5.29. The number of carboxylic acid groups (broad SMARTS) is 1. The quantitative estimate of drug-likeness (QED) is 0.213. The average molecular weight is 683 g/mol. The number of hydrogen-bond donors (Lipinski definition) is 4. The Labute approximate surface area is 259 Å². The number of anilines is 2. The summed E-state index contributed by atoms with van der Waals surface area (Å²) in [5, 5.41) is 17.2. The summed E-state index contributed by atoms with van der Waals surface area (Å²) in [7, 11) is 0. The van der Waals surface area contributed by atoms with Crippen LogP contribution in [0.5, 0.6) is 0 Å². The third-order valence-electron chi connectivity index (χ3n) is 7.31. The van der Waals surface area contributed by atoms with E-state index in [0.717, 1.165) is 12.1 Å². The molecule has 1 spiro atoms. The van der Waals surface area contributed by atoms with E-state index in [2.05, 4.69) is 16.0 Å². The van der Waals surface area contributed by atoms with Crippen LogP contribution in [0, 0.1) is 11.8 Å². The van der Waals surface area contributed by atoms with Crippen molar-refractivity contribution in [2.45, 2.75) is 23.7 Å². The molecule has 3 aromatic rings. The number of fused-ring (bicyclic) bond motifs is 2. The predicted octanol–water partition coefficient (Wildman–Crippen LogP) is 7.19. The monoisotopic (exact) mass is 681 g/mol. The highest BCUT2D eigenvalue weighted by molar-refractivity contribution is 6.38. The number of halogens is 9. The van der Waals surface area contributed by atoms with E-state index in [0.29, 0.717) is 12.1 Å². The molecule has 2 aliphatic rings.